The predicted molar refractivity (Wildman–Crippen MR) is 88.0 cm³/mol. The van der Waals surface area contributed by atoms with Crippen molar-refractivity contribution in [2.75, 3.05) is 0 Å². The molecule has 0 fully saturated rings. The molecule has 2 aromatic rings. The number of esters is 1. The Labute approximate surface area is 139 Å². The van der Waals surface area contributed by atoms with Gasteiger partial charge >= 0.3 is 5.97 Å². The maximum absolute atomic E-state index is 12.9. The third kappa shape index (κ3) is 3.95. The molecule has 0 saturated carbocycles. The van der Waals surface area contributed by atoms with Crippen molar-refractivity contribution in [2.24, 2.45) is 7.05 Å². The van der Waals surface area contributed by atoms with E-state index in [4.69, 9.17) is 4.74 Å². The lowest BCUT2D eigenvalue weighted by Crippen LogP contribution is -2.23. The monoisotopic (exact) mass is 330 g/mol. The molecule has 0 aliphatic rings. The van der Waals surface area contributed by atoms with Crippen LogP contribution in [-0.2, 0) is 16.6 Å². The molecule has 24 heavy (non-hydrogen) atoms. The molecular weight excluding hydrogens is 311 g/mol. The van der Waals surface area contributed by atoms with E-state index < -0.39 is 17.9 Å². The molecule has 0 unspecified atom stereocenters. The number of Topliss-reactive ketones (excluding diaryl/α,β-unsaturated/α-hetero) is 1. The predicted octanol–water partition coefficient (Wildman–Crippen LogP) is 3.00. The van der Waals surface area contributed by atoms with E-state index in [1.165, 1.54) is 37.3 Å². The van der Waals surface area contributed by atoms with Crippen molar-refractivity contribution in [2.45, 2.75) is 26.9 Å². The van der Waals surface area contributed by atoms with E-state index in [0.717, 1.165) is 17.0 Å². The van der Waals surface area contributed by atoms with Crippen LogP contribution >= 0.6 is 0 Å². The second kappa shape index (κ2) is 7.21. The maximum Gasteiger partial charge on any atom is 0.331 e. The van der Waals surface area contributed by atoms with Crippen LogP contribution in [0.3, 0.4) is 0 Å². The lowest BCUT2D eigenvalue weighted by molar-refractivity contribution is -0.140. The Balaban J connectivity index is 2.02. The maximum atomic E-state index is 12.9. The van der Waals surface area contributed by atoms with E-state index >= 15 is 0 Å². The molecule has 1 heterocycles. The van der Waals surface area contributed by atoms with E-state index in [2.05, 4.69) is 5.10 Å². The van der Waals surface area contributed by atoms with Crippen molar-refractivity contribution in [3.8, 4) is 0 Å². The van der Waals surface area contributed by atoms with Crippen LogP contribution < -0.4 is 0 Å². The normalized spacial score (nSPS) is 12.4. The van der Waals surface area contributed by atoms with Crippen molar-refractivity contribution in [3.05, 3.63) is 58.7 Å². The number of ether oxygens (including phenoxy) is 1. The number of benzene rings is 1. The molecule has 0 aliphatic heterocycles. The lowest BCUT2D eigenvalue weighted by atomic mass is 10.1. The van der Waals surface area contributed by atoms with Gasteiger partial charge in [0.05, 0.1) is 5.69 Å². The Hall–Kier alpha value is -2.76. The van der Waals surface area contributed by atoms with E-state index in [-0.39, 0.29) is 5.78 Å². The molecule has 0 N–H and O–H groups in total. The number of ketones is 1. The summed E-state index contributed by atoms with van der Waals surface area (Å²) in [4.78, 5) is 24.0. The summed E-state index contributed by atoms with van der Waals surface area (Å²) in [6, 6.07) is 5.10. The average molecular weight is 330 g/mol. The summed E-state index contributed by atoms with van der Waals surface area (Å²) in [5, 5.41) is 4.25. The third-order valence-corrected chi connectivity index (χ3v) is 3.74. The summed E-state index contributed by atoms with van der Waals surface area (Å²) in [6.07, 6.45) is 1.93. The van der Waals surface area contributed by atoms with Gasteiger partial charge in [-0.2, -0.15) is 5.10 Å². The zero-order valence-corrected chi connectivity index (χ0v) is 14.0. The number of carbonyl (C=O) groups excluding carboxylic acids is 2. The van der Waals surface area contributed by atoms with Crippen LogP contribution in [0.15, 0.2) is 30.3 Å². The summed E-state index contributed by atoms with van der Waals surface area (Å²) >= 11 is 0. The molecular formula is C18H19FN2O3. The molecule has 0 aliphatic carbocycles. The largest absolute Gasteiger partial charge is 0.451 e. The van der Waals surface area contributed by atoms with Crippen molar-refractivity contribution < 1.29 is 18.7 Å². The molecule has 2 rings (SSSR count). The Morgan fingerprint density at radius 2 is 1.88 bits per heavy atom. The van der Waals surface area contributed by atoms with Gasteiger partial charge in [-0.05, 0) is 51.1 Å². The zero-order valence-electron chi connectivity index (χ0n) is 14.0. The first-order valence-corrected chi connectivity index (χ1v) is 7.48. The van der Waals surface area contributed by atoms with Crippen LogP contribution in [0.5, 0.6) is 0 Å². The number of halogens is 1. The molecule has 0 saturated heterocycles. The van der Waals surface area contributed by atoms with Gasteiger partial charge < -0.3 is 4.74 Å². The molecule has 1 aromatic carbocycles. The number of nitrogens with zero attached hydrogens (tertiary/aromatic N) is 2. The van der Waals surface area contributed by atoms with Crippen molar-refractivity contribution in [1.29, 1.82) is 0 Å². The second-order valence-electron chi connectivity index (χ2n) is 5.49. The quantitative estimate of drug-likeness (QED) is 0.480. The number of hydrogen-bond acceptors (Lipinski definition) is 4. The number of hydrogen-bond donors (Lipinski definition) is 0. The second-order valence-corrected chi connectivity index (χ2v) is 5.49. The van der Waals surface area contributed by atoms with Gasteiger partial charge in [0, 0.05) is 29.9 Å². The zero-order chi connectivity index (χ0) is 17.9. The molecule has 5 nitrogen and oxygen atoms in total. The summed E-state index contributed by atoms with van der Waals surface area (Å²) in [7, 11) is 1.82. The summed E-state index contributed by atoms with van der Waals surface area (Å²) in [5.41, 5.74) is 2.85. The van der Waals surface area contributed by atoms with E-state index in [1.54, 1.807) is 10.8 Å². The van der Waals surface area contributed by atoms with Crippen LogP contribution in [-0.4, -0.2) is 27.6 Å². The van der Waals surface area contributed by atoms with Gasteiger partial charge in [0.25, 0.3) is 0 Å². The van der Waals surface area contributed by atoms with Gasteiger partial charge in [-0.25, -0.2) is 9.18 Å². The first-order chi connectivity index (χ1) is 11.3. The van der Waals surface area contributed by atoms with Crippen LogP contribution in [0, 0.1) is 19.7 Å². The molecule has 126 valence electrons. The Morgan fingerprint density at radius 1 is 1.25 bits per heavy atom. The first kappa shape index (κ1) is 17.6. The Bertz CT molecular complexity index is 791. The number of carbonyl (C=O) groups is 2. The number of rotatable bonds is 5. The molecule has 0 spiro atoms. The summed E-state index contributed by atoms with van der Waals surface area (Å²) in [5.74, 6) is -1.44. The van der Waals surface area contributed by atoms with Crippen LogP contribution in [0.25, 0.3) is 6.08 Å². The highest BCUT2D eigenvalue weighted by molar-refractivity contribution is 6.01. The fourth-order valence-electron chi connectivity index (χ4n) is 2.30. The number of aromatic nitrogens is 2. The minimum Gasteiger partial charge on any atom is -0.451 e. The topological polar surface area (TPSA) is 61.2 Å². The molecule has 6 heteroatoms. The summed E-state index contributed by atoms with van der Waals surface area (Å²) in [6.45, 7) is 5.22. The van der Waals surface area contributed by atoms with Gasteiger partial charge in [0.2, 0.25) is 5.78 Å². The Morgan fingerprint density at radius 3 is 2.42 bits per heavy atom. The fourth-order valence-corrected chi connectivity index (χ4v) is 2.30. The fraction of sp³-hybridized carbons (Fsp3) is 0.278. The van der Waals surface area contributed by atoms with Gasteiger partial charge in [-0.3, -0.25) is 9.48 Å². The SMILES string of the molecule is Cc1nn(C)c(C)c1/C=C/C(=O)O[C@@H](C)C(=O)c1ccc(F)cc1. The van der Waals surface area contributed by atoms with Crippen LogP contribution in [0.4, 0.5) is 4.39 Å². The highest BCUT2D eigenvalue weighted by atomic mass is 19.1. The minimum absolute atomic E-state index is 0.291. The molecule has 1 atom stereocenters. The first-order valence-electron chi connectivity index (χ1n) is 7.48. The van der Waals surface area contributed by atoms with E-state index in [1.807, 2.05) is 20.9 Å². The standard InChI is InChI=1S/C18H19FN2O3/c1-11-16(12(2)21(4)20-11)9-10-17(22)24-13(3)18(23)14-5-7-15(19)8-6-14/h5-10,13H,1-4H3/b10-9+/t13-/m0/s1. The highest BCUT2D eigenvalue weighted by Gasteiger charge is 2.18. The van der Waals surface area contributed by atoms with Crippen molar-refractivity contribution in [1.82, 2.24) is 9.78 Å². The van der Waals surface area contributed by atoms with Gasteiger partial charge in [0.15, 0.2) is 6.10 Å². The molecule has 0 amide bonds. The number of aryl methyl sites for hydroxylation is 2. The van der Waals surface area contributed by atoms with Crippen molar-refractivity contribution >= 4 is 17.8 Å². The molecule has 0 radical (unpaired) electrons. The lowest BCUT2D eigenvalue weighted by Gasteiger charge is -2.10. The average Bonchev–Trinajstić information content (AvgIpc) is 2.78. The van der Waals surface area contributed by atoms with E-state index in [0.29, 0.717) is 5.56 Å². The molecule has 1 aromatic heterocycles. The highest BCUT2D eigenvalue weighted by Crippen LogP contribution is 2.14. The van der Waals surface area contributed by atoms with Crippen LogP contribution in [0.1, 0.15) is 34.2 Å². The Kier molecular flexibility index (Phi) is 5.28. The van der Waals surface area contributed by atoms with Gasteiger partial charge in [0.1, 0.15) is 5.82 Å². The smallest absolute Gasteiger partial charge is 0.331 e. The minimum atomic E-state index is -0.955. The van der Waals surface area contributed by atoms with E-state index in [9.17, 15) is 14.0 Å². The third-order valence-electron chi connectivity index (χ3n) is 3.74. The van der Waals surface area contributed by atoms with Crippen LogP contribution in [0.2, 0.25) is 0 Å². The van der Waals surface area contributed by atoms with Crippen molar-refractivity contribution in [3.63, 3.8) is 0 Å². The van der Waals surface area contributed by atoms with Gasteiger partial charge in [-0.1, -0.05) is 0 Å². The summed E-state index contributed by atoms with van der Waals surface area (Å²) < 4.78 is 19.7. The van der Waals surface area contributed by atoms with Gasteiger partial charge in [-0.15, -0.1) is 0 Å². The molecule has 0 bridgehead atoms.